The number of aryl methyl sites for hydroxylation is 1. The molecular weight excluding hydrogens is 214 g/mol. The van der Waals surface area contributed by atoms with Gasteiger partial charge in [0.1, 0.15) is 17.6 Å². The zero-order chi connectivity index (χ0) is 12.1. The number of nitrogens with zero attached hydrogens (tertiary/aromatic N) is 2. The van der Waals surface area contributed by atoms with Crippen molar-refractivity contribution in [2.45, 2.75) is 13.3 Å². The molecule has 17 heavy (non-hydrogen) atoms. The third-order valence-corrected chi connectivity index (χ3v) is 2.40. The van der Waals surface area contributed by atoms with Gasteiger partial charge in [-0.05, 0) is 31.2 Å². The average molecular weight is 227 g/mol. The maximum absolute atomic E-state index is 8.94. The van der Waals surface area contributed by atoms with Crippen LogP contribution in [-0.4, -0.2) is 11.5 Å². The third kappa shape index (κ3) is 2.85. The van der Waals surface area contributed by atoms with E-state index in [1.54, 1.807) is 12.3 Å². The van der Waals surface area contributed by atoms with Crippen LogP contribution in [-0.2, 0) is 6.42 Å². The van der Waals surface area contributed by atoms with Crippen LogP contribution in [0.1, 0.15) is 17.0 Å². The Labute approximate surface area is 99.9 Å². The Hall–Kier alpha value is -2.28. The van der Waals surface area contributed by atoms with Gasteiger partial charge in [-0.1, -0.05) is 0 Å². The molecule has 0 unspecified atom stereocenters. The summed E-state index contributed by atoms with van der Waals surface area (Å²) in [6.45, 7) is 2.59. The molecule has 2 heterocycles. The summed E-state index contributed by atoms with van der Waals surface area (Å²) >= 11 is 0. The topological polar surface area (TPSA) is 61.9 Å². The molecule has 0 aromatic carbocycles. The summed E-state index contributed by atoms with van der Waals surface area (Å²) in [7, 11) is 0. The van der Waals surface area contributed by atoms with E-state index in [1.807, 2.05) is 25.1 Å². The van der Waals surface area contributed by atoms with E-state index in [2.05, 4.69) is 16.4 Å². The molecule has 0 radical (unpaired) electrons. The van der Waals surface area contributed by atoms with E-state index >= 15 is 0 Å². The molecule has 0 fully saturated rings. The third-order valence-electron chi connectivity index (χ3n) is 2.40. The first-order valence-electron chi connectivity index (χ1n) is 5.43. The lowest BCUT2D eigenvalue weighted by molar-refractivity contribution is 0.513. The van der Waals surface area contributed by atoms with Crippen LogP contribution >= 0.6 is 0 Å². The van der Waals surface area contributed by atoms with Gasteiger partial charge in [0.25, 0.3) is 0 Å². The molecule has 0 saturated carbocycles. The van der Waals surface area contributed by atoms with Gasteiger partial charge in [-0.2, -0.15) is 5.26 Å². The second-order valence-electron chi connectivity index (χ2n) is 3.72. The fourth-order valence-corrected chi connectivity index (χ4v) is 1.54. The largest absolute Gasteiger partial charge is 0.469 e. The Bertz CT molecular complexity index is 526. The molecule has 4 heteroatoms. The zero-order valence-corrected chi connectivity index (χ0v) is 9.60. The first-order chi connectivity index (χ1) is 8.29. The standard InChI is InChI=1S/C13H13N3O/c1-10-4-5-11(9-14)13(16-10)15-7-6-12-3-2-8-17-12/h2-5,8H,6-7H2,1H3,(H,15,16). The minimum atomic E-state index is 0.565. The highest BCUT2D eigenvalue weighted by molar-refractivity contribution is 5.52. The molecule has 0 spiro atoms. The molecule has 0 atom stereocenters. The van der Waals surface area contributed by atoms with Crippen LogP contribution in [0.5, 0.6) is 0 Å². The first-order valence-corrected chi connectivity index (χ1v) is 5.43. The van der Waals surface area contributed by atoms with Crippen LogP contribution in [0.15, 0.2) is 34.9 Å². The highest BCUT2D eigenvalue weighted by Gasteiger charge is 2.03. The molecule has 0 bridgehead atoms. The summed E-state index contributed by atoms with van der Waals surface area (Å²) in [6, 6.07) is 9.51. The summed E-state index contributed by atoms with van der Waals surface area (Å²) in [5.74, 6) is 1.56. The zero-order valence-electron chi connectivity index (χ0n) is 9.60. The summed E-state index contributed by atoms with van der Waals surface area (Å²) in [6.07, 6.45) is 2.43. The van der Waals surface area contributed by atoms with Gasteiger partial charge in [-0.25, -0.2) is 4.98 Å². The lowest BCUT2D eigenvalue weighted by Gasteiger charge is -2.06. The average Bonchev–Trinajstić information content (AvgIpc) is 2.82. The molecule has 2 aromatic heterocycles. The van der Waals surface area contributed by atoms with Crippen LogP contribution in [0.4, 0.5) is 5.82 Å². The van der Waals surface area contributed by atoms with Crippen molar-refractivity contribution in [2.24, 2.45) is 0 Å². The Balaban J connectivity index is 1.99. The van der Waals surface area contributed by atoms with Crippen molar-refractivity contribution in [2.75, 3.05) is 11.9 Å². The van der Waals surface area contributed by atoms with Crippen molar-refractivity contribution in [1.82, 2.24) is 4.98 Å². The van der Waals surface area contributed by atoms with Crippen molar-refractivity contribution < 1.29 is 4.42 Å². The maximum atomic E-state index is 8.94. The highest BCUT2D eigenvalue weighted by Crippen LogP contribution is 2.12. The summed E-state index contributed by atoms with van der Waals surface area (Å²) in [5.41, 5.74) is 1.46. The van der Waals surface area contributed by atoms with Gasteiger partial charge >= 0.3 is 0 Å². The molecular formula is C13H13N3O. The van der Waals surface area contributed by atoms with Crippen LogP contribution < -0.4 is 5.32 Å². The normalized spacial score (nSPS) is 9.88. The lowest BCUT2D eigenvalue weighted by atomic mass is 10.2. The molecule has 0 aliphatic rings. The monoisotopic (exact) mass is 227 g/mol. The minimum absolute atomic E-state index is 0.565. The molecule has 0 aliphatic carbocycles. The Morgan fingerprint density at radius 3 is 3.00 bits per heavy atom. The Kier molecular flexibility index (Phi) is 3.41. The molecule has 0 amide bonds. The number of nitriles is 1. The molecule has 2 aromatic rings. The maximum Gasteiger partial charge on any atom is 0.144 e. The molecule has 0 aliphatic heterocycles. The van der Waals surface area contributed by atoms with Crippen LogP contribution in [0, 0.1) is 18.3 Å². The van der Waals surface area contributed by atoms with Crippen LogP contribution in [0.25, 0.3) is 0 Å². The predicted octanol–water partition coefficient (Wildman–Crippen LogP) is 2.51. The van der Waals surface area contributed by atoms with Crippen molar-refractivity contribution >= 4 is 5.82 Å². The minimum Gasteiger partial charge on any atom is -0.469 e. The van der Waals surface area contributed by atoms with Gasteiger partial charge in [0.15, 0.2) is 0 Å². The fourth-order valence-electron chi connectivity index (χ4n) is 1.54. The Morgan fingerprint density at radius 1 is 1.41 bits per heavy atom. The molecule has 2 rings (SSSR count). The molecule has 86 valence electrons. The van der Waals surface area contributed by atoms with Gasteiger partial charge in [0, 0.05) is 18.7 Å². The van der Waals surface area contributed by atoms with Crippen LogP contribution in [0.2, 0.25) is 0 Å². The van der Waals surface area contributed by atoms with E-state index < -0.39 is 0 Å². The SMILES string of the molecule is Cc1ccc(C#N)c(NCCc2ccco2)n1. The van der Waals surface area contributed by atoms with E-state index in [0.717, 1.165) is 17.9 Å². The number of hydrogen-bond donors (Lipinski definition) is 1. The van der Waals surface area contributed by atoms with Gasteiger partial charge < -0.3 is 9.73 Å². The van der Waals surface area contributed by atoms with Crippen molar-refractivity contribution in [3.8, 4) is 6.07 Å². The van der Waals surface area contributed by atoms with Crippen LogP contribution in [0.3, 0.4) is 0 Å². The number of nitrogens with one attached hydrogen (secondary N) is 1. The number of pyridine rings is 1. The van der Waals surface area contributed by atoms with E-state index in [9.17, 15) is 0 Å². The van der Waals surface area contributed by atoms with E-state index in [-0.39, 0.29) is 0 Å². The molecule has 0 saturated heterocycles. The first kappa shape index (κ1) is 11.2. The van der Waals surface area contributed by atoms with Crippen molar-refractivity contribution in [3.05, 3.63) is 47.5 Å². The number of rotatable bonds is 4. The number of aromatic nitrogens is 1. The molecule has 4 nitrogen and oxygen atoms in total. The smallest absolute Gasteiger partial charge is 0.144 e. The summed E-state index contributed by atoms with van der Waals surface area (Å²) in [4.78, 5) is 4.30. The molecule has 1 N–H and O–H groups in total. The number of hydrogen-bond acceptors (Lipinski definition) is 4. The quantitative estimate of drug-likeness (QED) is 0.871. The lowest BCUT2D eigenvalue weighted by Crippen LogP contribution is -2.08. The van der Waals surface area contributed by atoms with E-state index in [4.69, 9.17) is 9.68 Å². The fraction of sp³-hybridized carbons (Fsp3) is 0.231. The van der Waals surface area contributed by atoms with E-state index in [0.29, 0.717) is 17.9 Å². The van der Waals surface area contributed by atoms with E-state index in [1.165, 1.54) is 0 Å². The summed E-state index contributed by atoms with van der Waals surface area (Å²) in [5, 5.41) is 12.1. The summed E-state index contributed by atoms with van der Waals surface area (Å²) < 4.78 is 5.23. The van der Waals surface area contributed by atoms with Gasteiger partial charge in [-0.3, -0.25) is 0 Å². The second kappa shape index (κ2) is 5.17. The predicted molar refractivity (Wildman–Crippen MR) is 64.6 cm³/mol. The van der Waals surface area contributed by atoms with Crippen molar-refractivity contribution in [3.63, 3.8) is 0 Å². The van der Waals surface area contributed by atoms with Gasteiger partial charge in [0.05, 0.1) is 11.8 Å². The Morgan fingerprint density at radius 2 is 2.29 bits per heavy atom. The van der Waals surface area contributed by atoms with Gasteiger partial charge in [-0.15, -0.1) is 0 Å². The van der Waals surface area contributed by atoms with Gasteiger partial charge in [0.2, 0.25) is 0 Å². The number of furan rings is 1. The second-order valence-corrected chi connectivity index (χ2v) is 3.72. The van der Waals surface area contributed by atoms with Crippen molar-refractivity contribution in [1.29, 1.82) is 5.26 Å². The highest BCUT2D eigenvalue weighted by atomic mass is 16.3. The number of anilines is 1.